The zero-order chi connectivity index (χ0) is 9.69. The Labute approximate surface area is 76.2 Å². The molecule has 0 aliphatic carbocycles. The summed E-state index contributed by atoms with van der Waals surface area (Å²) in [7, 11) is 0. The van der Waals surface area contributed by atoms with Gasteiger partial charge in [0, 0.05) is 0 Å². The van der Waals surface area contributed by atoms with Gasteiger partial charge in [-0.3, -0.25) is 0 Å². The second kappa shape index (κ2) is 2.65. The Bertz CT molecular complexity index is 217. The molecule has 0 unspecified atom stereocenters. The van der Waals surface area contributed by atoms with Crippen molar-refractivity contribution in [3.05, 3.63) is 0 Å². The molecule has 2 rings (SSSR count). The van der Waals surface area contributed by atoms with Crippen LogP contribution in [0.15, 0.2) is 0 Å². The van der Waals surface area contributed by atoms with Crippen molar-refractivity contribution in [3.8, 4) is 0 Å². The Morgan fingerprint density at radius 2 is 2.08 bits per heavy atom. The average Bonchev–Trinajstić information content (AvgIpc) is 2.49. The molecule has 0 saturated carbocycles. The number of hydrogen-bond acceptors (Lipinski definition) is 5. The van der Waals surface area contributed by atoms with Gasteiger partial charge in [0.2, 0.25) is 5.79 Å². The molecule has 5 nitrogen and oxygen atoms in total. The van der Waals surface area contributed by atoms with E-state index < -0.39 is 24.3 Å². The minimum atomic E-state index is -1.60. The van der Waals surface area contributed by atoms with Crippen molar-refractivity contribution in [2.75, 3.05) is 13.2 Å². The number of hydrogen-bond donors (Lipinski definition) is 2. The lowest BCUT2D eigenvalue weighted by Gasteiger charge is -2.26. The SMILES string of the molecule is CC1(C)O[C@@H]2[C@@H](CO[C@@]2(O)CO)O1. The average molecular weight is 190 g/mol. The molecule has 2 aliphatic heterocycles. The first-order valence-corrected chi connectivity index (χ1v) is 4.30. The highest BCUT2D eigenvalue weighted by molar-refractivity contribution is 4.96. The van der Waals surface area contributed by atoms with Crippen LogP contribution in [0.2, 0.25) is 0 Å². The highest BCUT2D eigenvalue weighted by atomic mass is 16.8. The fraction of sp³-hybridized carbons (Fsp3) is 1.00. The van der Waals surface area contributed by atoms with Crippen molar-refractivity contribution in [2.24, 2.45) is 0 Å². The van der Waals surface area contributed by atoms with Crippen LogP contribution in [0.1, 0.15) is 13.8 Å². The second-order valence-corrected chi connectivity index (χ2v) is 3.91. The summed E-state index contributed by atoms with van der Waals surface area (Å²) in [6.07, 6.45) is -0.875. The summed E-state index contributed by atoms with van der Waals surface area (Å²) in [5.74, 6) is -2.30. The van der Waals surface area contributed by atoms with Gasteiger partial charge in [-0.25, -0.2) is 0 Å². The Kier molecular flexibility index (Phi) is 1.91. The van der Waals surface area contributed by atoms with Crippen LogP contribution >= 0.6 is 0 Å². The molecule has 2 fully saturated rings. The molecule has 2 saturated heterocycles. The summed E-state index contributed by atoms with van der Waals surface area (Å²) in [5, 5.41) is 18.7. The summed E-state index contributed by atoms with van der Waals surface area (Å²) in [4.78, 5) is 0. The van der Waals surface area contributed by atoms with E-state index in [4.69, 9.17) is 19.3 Å². The summed E-state index contributed by atoms with van der Waals surface area (Å²) in [5.41, 5.74) is 0. The minimum absolute atomic E-state index is 0.255. The van der Waals surface area contributed by atoms with Crippen LogP contribution in [-0.4, -0.2) is 47.2 Å². The van der Waals surface area contributed by atoms with Crippen molar-refractivity contribution in [3.63, 3.8) is 0 Å². The second-order valence-electron chi connectivity index (χ2n) is 3.91. The molecule has 0 bridgehead atoms. The molecule has 3 atom stereocenters. The van der Waals surface area contributed by atoms with E-state index in [9.17, 15) is 5.11 Å². The van der Waals surface area contributed by atoms with E-state index in [0.29, 0.717) is 0 Å². The van der Waals surface area contributed by atoms with Gasteiger partial charge >= 0.3 is 0 Å². The van der Waals surface area contributed by atoms with Gasteiger partial charge in [0.1, 0.15) is 12.2 Å². The van der Waals surface area contributed by atoms with E-state index in [1.165, 1.54) is 0 Å². The predicted octanol–water partition coefficient (Wildman–Crippen LogP) is -0.782. The Morgan fingerprint density at radius 1 is 1.38 bits per heavy atom. The minimum Gasteiger partial charge on any atom is -0.391 e. The van der Waals surface area contributed by atoms with Gasteiger partial charge in [0.05, 0.1) is 13.2 Å². The van der Waals surface area contributed by atoms with E-state index in [0.717, 1.165) is 0 Å². The molecule has 2 heterocycles. The summed E-state index contributed by atoms with van der Waals surface area (Å²) >= 11 is 0. The van der Waals surface area contributed by atoms with Crippen LogP contribution in [-0.2, 0) is 14.2 Å². The number of ether oxygens (including phenoxy) is 3. The fourth-order valence-electron chi connectivity index (χ4n) is 1.78. The van der Waals surface area contributed by atoms with Crippen LogP contribution in [0.3, 0.4) is 0 Å². The van der Waals surface area contributed by atoms with E-state index in [1.807, 2.05) is 0 Å². The van der Waals surface area contributed by atoms with Crippen molar-refractivity contribution in [2.45, 2.75) is 37.6 Å². The molecule has 0 spiro atoms. The van der Waals surface area contributed by atoms with E-state index in [-0.39, 0.29) is 12.7 Å². The number of rotatable bonds is 1. The maximum absolute atomic E-state index is 9.73. The lowest BCUT2D eigenvalue weighted by Crippen LogP contribution is -2.46. The monoisotopic (exact) mass is 190 g/mol. The Hall–Kier alpha value is -0.200. The van der Waals surface area contributed by atoms with E-state index in [2.05, 4.69) is 0 Å². The van der Waals surface area contributed by atoms with Gasteiger partial charge < -0.3 is 24.4 Å². The first kappa shape index (κ1) is 9.36. The van der Waals surface area contributed by atoms with Crippen molar-refractivity contribution in [1.82, 2.24) is 0 Å². The quantitative estimate of drug-likeness (QED) is 0.567. The molecule has 0 aromatic heterocycles. The lowest BCUT2D eigenvalue weighted by atomic mass is 10.1. The number of aliphatic hydroxyl groups is 2. The van der Waals surface area contributed by atoms with Crippen LogP contribution in [0.5, 0.6) is 0 Å². The topological polar surface area (TPSA) is 68.2 Å². The molecule has 0 amide bonds. The van der Waals surface area contributed by atoms with Crippen molar-refractivity contribution < 1.29 is 24.4 Å². The van der Waals surface area contributed by atoms with Gasteiger partial charge in [-0.2, -0.15) is 0 Å². The van der Waals surface area contributed by atoms with Crippen molar-refractivity contribution >= 4 is 0 Å². The molecule has 0 aromatic rings. The first-order valence-electron chi connectivity index (χ1n) is 4.30. The zero-order valence-corrected chi connectivity index (χ0v) is 7.69. The summed E-state index contributed by atoms with van der Waals surface area (Å²) in [6, 6.07) is 0. The molecule has 13 heavy (non-hydrogen) atoms. The third-order valence-electron chi connectivity index (χ3n) is 2.35. The van der Waals surface area contributed by atoms with Gasteiger partial charge in [0.15, 0.2) is 5.79 Å². The number of aliphatic hydroxyl groups excluding tert-OH is 1. The predicted molar refractivity (Wildman–Crippen MR) is 41.8 cm³/mol. The van der Waals surface area contributed by atoms with Crippen LogP contribution in [0.25, 0.3) is 0 Å². The van der Waals surface area contributed by atoms with Crippen LogP contribution in [0.4, 0.5) is 0 Å². The fourth-order valence-corrected chi connectivity index (χ4v) is 1.78. The standard InChI is InChI=1S/C8H14O5/c1-7(2)12-5-3-11-8(10,4-9)6(5)13-7/h5-6,9-10H,3-4H2,1-2H3/t5-,6-,8+/m1/s1. The molecular weight excluding hydrogens is 176 g/mol. The molecular formula is C8H14O5. The highest BCUT2D eigenvalue weighted by Gasteiger charge is 2.57. The number of fused-ring (bicyclic) bond motifs is 1. The van der Waals surface area contributed by atoms with Gasteiger partial charge in [-0.15, -0.1) is 0 Å². The van der Waals surface area contributed by atoms with Gasteiger partial charge in [0.25, 0.3) is 0 Å². The highest BCUT2D eigenvalue weighted by Crippen LogP contribution is 2.39. The van der Waals surface area contributed by atoms with Crippen molar-refractivity contribution in [1.29, 1.82) is 0 Å². The smallest absolute Gasteiger partial charge is 0.219 e. The maximum atomic E-state index is 9.73. The molecule has 2 N–H and O–H groups in total. The normalized spacial score (nSPS) is 48.0. The van der Waals surface area contributed by atoms with Crippen LogP contribution < -0.4 is 0 Å². The van der Waals surface area contributed by atoms with Crippen LogP contribution in [0, 0.1) is 0 Å². The summed E-state index contributed by atoms with van der Waals surface area (Å²) < 4.78 is 15.9. The van der Waals surface area contributed by atoms with E-state index in [1.54, 1.807) is 13.8 Å². The third-order valence-corrected chi connectivity index (χ3v) is 2.35. The maximum Gasteiger partial charge on any atom is 0.219 e. The molecule has 2 aliphatic rings. The van der Waals surface area contributed by atoms with Gasteiger partial charge in [-0.1, -0.05) is 0 Å². The van der Waals surface area contributed by atoms with E-state index >= 15 is 0 Å². The Morgan fingerprint density at radius 3 is 2.69 bits per heavy atom. The molecule has 0 radical (unpaired) electrons. The van der Waals surface area contributed by atoms with Gasteiger partial charge in [-0.05, 0) is 13.8 Å². The molecule has 0 aromatic carbocycles. The molecule has 5 heteroatoms. The molecule has 76 valence electrons. The Balaban J connectivity index is 2.16. The zero-order valence-electron chi connectivity index (χ0n) is 7.69. The first-order chi connectivity index (χ1) is 5.97. The third kappa shape index (κ3) is 1.37. The lowest BCUT2D eigenvalue weighted by molar-refractivity contribution is -0.270. The largest absolute Gasteiger partial charge is 0.391 e. The summed E-state index contributed by atoms with van der Waals surface area (Å²) in [6.45, 7) is 3.31.